The standard InChI is InChI=1S/C16H32O2/c1-5-9-14-12(6-2)10-13(7-3)15(18)16(14,8-4)11-17/h12-15,17-18H,5-11H2,1-4H3/t12-,13+,14-,15-,16-/m1/s1. The first-order valence-electron chi connectivity index (χ1n) is 7.90. The average Bonchev–Trinajstić information content (AvgIpc) is 2.40. The molecule has 0 radical (unpaired) electrons. The van der Waals surface area contributed by atoms with Crippen molar-refractivity contribution in [3.63, 3.8) is 0 Å². The zero-order valence-electron chi connectivity index (χ0n) is 12.7. The van der Waals surface area contributed by atoms with E-state index in [0.29, 0.717) is 17.8 Å². The number of hydrogen-bond donors (Lipinski definition) is 2. The van der Waals surface area contributed by atoms with E-state index in [1.54, 1.807) is 0 Å². The Balaban J connectivity index is 3.08. The van der Waals surface area contributed by atoms with Gasteiger partial charge in [0.25, 0.3) is 0 Å². The minimum atomic E-state index is -0.322. The van der Waals surface area contributed by atoms with E-state index >= 15 is 0 Å². The van der Waals surface area contributed by atoms with Gasteiger partial charge in [0.2, 0.25) is 0 Å². The Morgan fingerprint density at radius 3 is 2.06 bits per heavy atom. The molecule has 0 heterocycles. The van der Waals surface area contributed by atoms with Crippen LogP contribution in [0.1, 0.15) is 66.2 Å². The van der Waals surface area contributed by atoms with Crippen LogP contribution in [0.3, 0.4) is 0 Å². The molecule has 1 aliphatic rings. The van der Waals surface area contributed by atoms with Crippen LogP contribution in [0.15, 0.2) is 0 Å². The third-order valence-corrected chi connectivity index (χ3v) is 5.55. The van der Waals surface area contributed by atoms with Crippen LogP contribution in [0.2, 0.25) is 0 Å². The molecule has 0 amide bonds. The SMILES string of the molecule is CCC[C@@H]1[C@H](CC)C[C@H](CC)[C@@H](O)[C@]1(CC)CO. The first kappa shape index (κ1) is 16.0. The molecular formula is C16H32O2. The maximum atomic E-state index is 10.7. The van der Waals surface area contributed by atoms with Gasteiger partial charge in [-0.25, -0.2) is 0 Å². The Bertz CT molecular complexity index is 235. The second kappa shape index (κ2) is 6.91. The summed E-state index contributed by atoms with van der Waals surface area (Å²) >= 11 is 0. The number of hydrogen-bond acceptors (Lipinski definition) is 2. The van der Waals surface area contributed by atoms with Gasteiger partial charge in [-0.15, -0.1) is 0 Å². The molecule has 5 atom stereocenters. The molecule has 108 valence electrons. The number of aliphatic hydroxyl groups is 2. The summed E-state index contributed by atoms with van der Waals surface area (Å²) < 4.78 is 0. The largest absolute Gasteiger partial charge is 0.396 e. The fourth-order valence-corrected chi connectivity index (χ4v) is 4.31. The first-order chi connectivity index (χ1) is 8.61. The number of rotatable bonds is 6. The Hall–Kier alpha value is -0.0800. The molecule has 0 aromatic rings. The minimum Gasteiger partial charge on any atom is -0.396 e. The van der Waals surface area contributed by atoms with E-state index in [9.17, 15) is 10.2 Å². The Labute approximate surface area is 113 Å². The lowest BCUT2D eigenvalue weighted by Gasteiger charge is -2.53. The van der Waals surface area contributed by atoms with Crippen molar-refractivity contribution < 1.29 is 10.2 Å². The summed E-state index contributed by atoms with van der Waals surface area (Å²) in [5.41, 5.74) is -0.254. The maximum absolute atomic E-state index is 10.7. The Morgan fingerprint density at radius 2 is 1.67 bits per heavy atom. The van der Waals surface area contributed by atoms with Gasteiger partial charge in [0.05, 0.1) is 12.7 Å². The zero-order chi connectivity index (χ0) is 13.8. The molecule has 2 nitrogen and oxygen atoms in total. The lowest BCUT2D eigenvalue weighted by molar-refractivity contribution is -0.144. The summed E-state index contributed by atoms with van der Waals surface area (Å²) in [5, 5.41) is 20.7. The van der Waals surface area contributed by atoms with Crippen LogP contribution in [0.4, 0.5) is 0 Å². The molecule has 2 heteroatoms. The van der Waals surface area contributed by atoms with Crippen LogP contribution in [-0.2, 0) is 0 Å². The number of aliphatic hydroxyl groups excluding tert-OH is 2. The van der Waals surface area contributed by atoms with Gasteiger partial charge in [0.1, 0.15) is 0 Å². The summed E-state index contributed by atoms with van der Waals surface area (Å²) in [6.07, 6.45) is 6.20. The van der Waals surface area contributed by atoms with E-state index in [4.69, 9.17) is 0 Å². The molecule has 1 fully saturated rings. The van der Waals surface area contributed by atoms with Gasteiger partial charge in [-0.1, -0.05) is 47.0 Å². The third kappa shape index (κ3) is 2.60. The molecule has 0 aromatic carbocycles. The van der Waals surface area contributed by atoms with Crippen LogP contribution in [0, 0.1) is 23.2 Å². The van der Waals surface area contributed by atoms with Crippen LogP contribution < -0.4 is 0 Å². The fourth-order valence-electron chi connectivity index (χ4n) is 4.31. The van der Waals surface area contributed by atoms with E-state index < -0.39 is 0 Å². The Morgan fingerprint density at radius 1 is 1.06 bits per heavy atom. The van der Waals surface area contributed by atoms with Gasteiger partial charge in [-0.05, 0) is 37.0 Å². The molecule has 18 heavy (non-hydrogen) atoms. The molecule has 1 aliphatic carbocycles. The third-order valence-electron chi connectivity index (χ3n) is 5.55. The normalized spacial score (nSPS) is 41.0. The first-order valence-corrected chi connectivity index (χ1v) is 7.90. The van der Waals surface area contributed by atoms with Gasteiger partial charge in [-0.3, -0.25) is 0 Å². The minimum absolute atomic E-state index is 0.141. The molecule has 0 spiro atoms. The monoisotopic (exact) mass is 256 g/mol. The highest BCUT2D eigenvalue weighted by Gasteiger charge is 2.51. The van der Waals surface area contributed by atoms with Crippen molar-refractivity contribution in [2.75, 3.05) is 6.61 Å². The van der Waals surface area contributed by atoms with Crippen molar-refractivity contribution in [2.24, 2.45) is 23.2 Å². The average molecular weight is 256 g/mol. The van der Waals surface area contributed by atoms with Crippen molar-refractivity contribution in [2.45, 2.75) is 72.3 Å². The molecule has 2 N–H and O–H groups in total. The highest BCUT2D eigenvalue weighted by atomic mass is 16.3. The van der Waals surface area contributed by atoms with E-state index in [1.807, 2.05) is 0 Å². The molecule has 0 unspecified atom stereocenters. The predicted octanol–water partition coefficient (Wildman–Crippen LogP) is 3.61. The van der Waals surface area contributed by atoms with Gasteiger partial charge in [0.15, 0.2) is 0 Å². The second-order valence-electron chi connectivity index (χ2n) is 6.16. The highest BCUT2D eigenvalue weighted by Crippen LogP contribution is 2.52. The van der Waals surface area contributed by atoms with E-state index in [1.165, 1.54) is 6.42 Å². The summed E-state index contributed by atoms with van der Waals surface area (Å²) in [4.78, 5) is 0. The molecule has 0 aliphatic heterocycles. The van der Waals surface area contributed by atoms with Crippen molar-refractivity contribution in [3.05, 3.63) is 0 Å². The van der Waals surface area contributed by atoms with E-state index in [-0.39, 0.29) is 18.1 Å². The van der Waals surface area contributed by atoms with E-state index in [2.05, 4.69) is 27.7 Å². The Kier molecular flexibility index (Phi) is 6.13. The maximum Gasteiger partial charge on any atom is 0.0649 e. The van der Waals surface area contributed by atoms with Crippen molar-refractivity contribution in [3.8, 4) is 0 Å². The van der Waals surface area contributed by atoms with Crippen molar-refractivity contribution in [1.82, 2.24) is 0 Å². The van der Waals surface area contributed by atoms with Crippen molar-refractivity contribution in [1.29, 1.82) is 0 Å². The molecule has 0 aromatic heterocycles. The molecule has 0 saturated heterocycles. The molecule has 1 saturated carbocycles. The smallest absolute Gasteiger partial charge is 0.0649 e. The van der Waals surface area contributed by atoms with Crippen LogP contribution in [0.5, 0.6) is 0 Å². The zero-order valence-corrected chi connectivity index (χ0v) is 12.7. The van der Waals surface area contributed by atoms with Crippen LogP contribution in [-0.4, -0.2) is 22.9 Å². The lowest BCUT2D eigenvalue weighted by atomic mass is 9.54. The lowest BCUT2D eigenvalue weighted by Crippen LogP contribution is -2.54. The van der Waals surface area contributed by atoms with Gasteiger partial charge < -0.3 is 10.2 Å². The van der Waals surface area contributed by atoms with E-state index in [0.717, 1.165) is 32.1 Å². The van der Waals surface area contributed by atoms with Crippen molar-refractivity contribution >= 4 is 0 Å². The molecular weight excluding hydrogens is 224 g/mol. The fraction of sp³-hybridized carbons (Fsp3) is 1.00. The quantitative estimate of drug-likeness (QED) is 0.762. The topological polar surface area (TPSA) is 40.5 Å². The van der Waals surface area contributed by atoms with Gasteiger partial charge in [-0.2, -0.15) is 0 Å². The van der Waals surface area contributed by atoms with Crippen LogP contribution in [0.25, 0.3) is 0 Å². The van der Waals surface area contributed by atoms with Gasteiger partial charge in [0, 0.05) is 5.41 Å². The molecule has 1 rings (SSSR count). The predicted molar refractivity (Wildman–Crippen MR) is 76.4 cm³/mol. The molecule has 0 bridgehead atoms. The summed E-state index contributed by atoms with van der Waals surface area (Å²) in [6, 6.07) is 0. The highest BCUT2D eigenvalue weighted by molar-refractivity contribution is 5.00. The summed E-state index contributed by atoms with van der Waals surface area (Å²) in [5.74, 6) is 1.53. The van der Waals surface area contributed by atoms with Gasteiger partial charge >= 0.3 is 0 Å². The summed E-state index contributed by atoms with van der Waals surface area (Å²) in [6.45, 7) is 8.91. The van der Waals surface area contributed by atoms with Crippen LogP contribution >= 0.6 is 0 Å². The summed E-state index contributed by atoms with van der Waals surface area (Å²) in [7, 11) is 0. The second-order valence-corrected chi connectivity index (χ2v) is 6.16.